The quantitative estimate of drug-likeness (QED) is 0.709. The van der Waals surface area contributed by atoms with Crippen molar-refractivity contribution in [2.45, 2.75) is 39.5 Å². The summed E-state index contributed by atoms with van der Waals surface area (Å²) < 4.78 is 5.63. The van der Waals surface area contributed by atoms with Crippen molar-refractivity contribution in [3.8, 4) is 5.75 Å². The van der Waals surface area contributed by atoms with Gasteiger partial charge < -0.3 is 10.1 Å². The molecule has 0 fully saturated rings. The second kappa shape index (κ2) is 9.76. The maximum Gasteiger partial charge on any atom is 0.224 e. The zero-order valence-corrected chi connectivity index (χ0v) is 14.7. The molecule has 0 atom stereocenters. The molecule has 0 aliphatic carbocycles. The van der Waals surface area contributed by atoms with Gasteiger partial charge in [0.15, 0.2) is 0 Å². The summed E-state index contributed by atoms with van der Waals surface area (Å²) in [5, 5.41) is 3.00. The van der Waals surface area contributed by atoms with Crippen LogP contribution in [0.15, 0.2) is 48.5 Å². The molecule has 1 amide bonds. The van der Waals surface area contributed by atoms with Crippen LogP contribution in [0.2, 0.25) is 0 Å². The van der Waals surface area contributed by atoms with Crippen molar-refractivity contribution in [1.82, 2.24) is 5.32 Å². The SMILES string of the molecule is CCOc1ccccc1CCCNC(=O)Cc1ccc(CC)cc1. The van der Waals surface area contributed by atoms with Crippen LogP contribution < -0.4 is 10.1 Å². The third-order valence-electron chi connectivity index (χ3n) is 4.01. The first-order valence-electron chi connectivity index (χ1n) is 8.78. The van der Waals surface area contributed by atoms with Gasteiger partial charge >= 0.3 is 0 Å². The van der Waals surface area contributed by atoms with Gasteiger partial charge in [0.25, 0.3) is 0 Å². The lowest BCUT2D eigenvalue weighted by atomic mass is 10.1. The van der Waals surface area contributed by atoms with Crippen LogP contribution in [-0.4, -0.2) is 19.1 Å². The lowest BCUT2D eigenvalue weighted by Gasteiger charge is -2.10. The number of amides is 1. The molecule has 0 aliphatic heterocycles. The molecule has 128 valence electrons. The highest BCUT2D eigenvalue weighted by atomic mass is 16.5. The number of ether oxygens (including phenoxy) is 1. The van der Waals surface area contributed by atoms with E-state index in [1.165, 1.54) is 11.1 Å². The predicted molar refractivity (Wildman–Crippen MR) is 98.5 cm³/mol. The van der Waals surface area contributed by atoms with Gasteiger partial charge in [-0.2, -0.15) is 0 Å². The fourth-order valence-corrected chi connectivity index (χ4v) is 2.65. The van der Waals surface area contributed by atoms with E-state index in [2.05, 4.69) is 30.4 Å². The van der Waals surface area contributed by atoms with Gasteiger partial charge in [0.05, 0.1) is 13.0 Å². The van der Waals surface area contributed by atoms with Gasteiger partial charge in [0.2, 0.25) is 5.91 Å². The number of aryl methyl sites for hydroxylation is 2. The molecule has 1 N–H and O–H groups in total. The minimum atomic E-state index is 0.0809. The molecule has 0 spiro atoms. The number of carbonyl (C=O) groups excluding carboxylic acids is 1. The average molecular weight is 325 g/mol. The Bertz CT molecular complexity index is 635. The molecular formula is C21H27NO2. The minimum absolute atomic E-state index is 0.0809. The third-order valence-corrected chi connectivity index (χ3v) is 4.01. The predicted octanol–water partition coefficient (Wildman–Crippen LogP) is 3.94. The van der Waals surface area contributed by atoms with Crippen molar-refractivity contribution in [1.29, 1.82) is 0 Å². The molecule has 0 radical (unpaired) electrons. The van der Waals surface area contributed by atoms with Gasteiger partial charge in [0.1, 0.15) is 5.75 Å². The Morgan fingerprint density at radius 1 is 1.00 bits per heavy atom. The van der Waals surface area contributed by atoms with Crippen LogP contribution >= 0.6 is 0 Å². The van der Waals surface area contributed by atoms with Gasteiger partial charge in [-0.25, -0.2) is 0 Å². The first-order valence-corrected chi connectivity index (χ1v) is 8.78. The van der Waals surface area contributed by atoms with Crippen molar-refractivity contribution in [3.63, 3.8) is 0 Å². The standard InChI is InChI=1S/C21H27NO2/c1-3-17-11-13-18(14-12-17)16-21(23)22-15-7-9-19-8-5-6-10-20(19)24-4-2/h5-6,8,10-14H,3-4,7,9,15-16H2,1-2H3,(H,22,23). The summed E-state index contributed by atoms with van der Waals surface area (Å²) in [5.41, 5.74) is 3.56. The van der Waals surface area contributed by atoms with E-state index in [4.69, 9.17) is 4.74 Å². The second-order valence-electron chi connectivity index (χ2n) is 5.84. The van der Waals surface area contributed by atoms with Crippen LogP contribution in [0.25, 0.3) is 0 Å². The molecule has 0 aromatic heterocycles. The minimum Gasteiger partial charge on any atom is -0.494 e. The summed E-state index contributed by atoms with van der Waals surface area (Å²) in [4.78, 5) is 12.0. The Kier molecular flexibility index (Phi) is 7.34. The lowest BCUT2D eigenvalue weighted by Crippen LogP contribution is -2.26. The van der Waals surface area contributed by atoms with E-state index in [1.54, 1.807) is 0 Å². The van der Waals surface area contributed by atoms with Crippen molar-refractivity contribution in [2.24, 2.45) is 0 Å². The smallest absolute Gasteiger partial charge is 0.224 e. The van der Waals surface area contributed by atoms with E-state index in [0.29, 0.717) is 19.6 Å². The summed E-state index contributed by atoms with van der Waals surface area (Å²) in [7, 11) is 0. The van der Waals surface area contributed by atoms with E-state index < -0.39 is 0 Å². The van der Waals surface area contributed by atoms with E-state index in [-0.39, 0.29) is 5.91 Å². The fourth-order valence-electron chi connectivity index (χ4n) is 2.65. The molecule has 0 heterocycles. The Balaban J connectivity index is 1.72. The number of nitrogens with one attached hydrogen (secondary N) is 1. The Labute approximate surface area is 145 Å². The molecule has 0 saturated carbocycles. The summed E-state index contributed by atoms with van der Waals surface area (Å²) in [5.74, 6) is 1.03. The summed E-state index contributed by atoms with van der Waals surface area (Å²) in [6, 6.07) is 16.4. The Morgan fingerprint density at radius 3 is 2.42 bits per heavy atom. The van der Waals surface area contributed by atoms with Gasteiger partial charge in [-0.15, -0.1) is 0 Å². The summed E-state index contributed by atoms with van der Waals surface area (Å²) in [6.07, 6.45) is 3.28. The van der Waals surface area contributed by atoms with Crippen molar-refractivity contribution in [2.75, 3.05) is 13.2 Å². The van der Waals surface area contributed by atoms with E-state index in [1.807, 2.05) is 37.3 Å². The fraction of sp³-hybridized carbons (Fsp3) is 0.381. The van der Waals surface area contributed by atoms with Crippen molar-refractivity contribution >= 4 is 5.91 Å². The zero-order chi connectivity index (χ0) is 17.2. The average Bonchev–Trinajstić information content (AvgIpc) is 2.61. The number of benzene rings is 2. The van der Waals surface area contributed by atoms with Gasteiger partial charge in [-0.3, -0.25) is 4.79 Å². The molecule has 2 aromatic rings. The zero-order valence-electron chi connectivity index (χ0n) is 14.7. The van der Waals surface area contributed by atoms with Crippen LogP contribution in [-0.2, 0) is 24.1 Å². The van der Waals surface area contributed by atoms with Gasteiger partial charge in [0, 0.05) is 6.54 Å². The van der Waals surface area contributed by atoms with Crippen molar-refractivity contribution < 1.29 is 9.53 Å². The van der Waals surface area contributed by atoms with Crippen molar-refractivity contribution in [3.05, 3.63) is 65.2 Å². The monoisotopic (exact) mass is 325 g/mol. The molecule has 3 nitrogen and oxygen atoms in total. The van der Waals surface area contributed by atoms with Gasteiger partial charge in [-0.05, 0) is 48.9 Å². The lowest BCUT2D eigenvalue weighted by molar-refractivity contribution is -0.120. The van der Waals surface area contributed by atoms with Crippen LogP contribution in [0.1, 0.15) is 37.0 Å². The second-order valence-corrected chi connectivity index (χ2v) is 5.84. The van der Waals surface area contributed by atoms with Crippen LogP contribution in [0.5, 0.6) is 5.75 Å². The molecule has 2 aromatic carbocycles. The summed E-state index contributed by atoms with van der Waals surface area (Å²) in [6.45, 7) is 5.48. The molecule has 3 heteroatoms. The largest absolute Gasteiger partial charge is 0.494 e. The molecule has 0 aliphatic rings. The molecular weight excluding hydrogens is 298 g/mol. The number of hydrogen-bond acceptors (Lipinski definition) is 2. The Morgan fingerprint density at radius 2 is 1.71 bits per heavy atom. The van der Waals surface area contributed by atoms with E-state index in [0.717, 1.165) is 30.6 Å². The van der Waals surface area contributed by atoms with Crippen LogP contribution in [0.3, 0.4) is 0 Å². The molecule has 24 heavy (non-hydrogen) atoms. The molecule has 2 rings (SSSR count). The molecule has 0 unspecified atom stereocenters. The Hall–Kier alpha value is -2.29. The maximum atomic E-state index is 12.0. The van der Waals surface area contributed by atoms with E-state index >= 15 is 0 Å². The topological polar surface area (TPSA) is 38.3 Å². The highest BCUT2D eigenvalue weighted by Gasteiger charge is 2.05. The summed E-state index contributed by atoms with van der Waals surface area (Å²) >= 11 is 0. The number of carbonyl (C=O) groups is 1. The first-order chi connectivity index (χ1) is 11.7. The van der Waals surface area contributed by atoms with Gasteiger partial charge in [-0.1, -0.05) is 49.4 Å². The number of para-hydroxylation sites is 1. The highest BCUT2D eigenvalue weighted by molar-refractivity contribution is 5.78. The third kappa shape index (κ3) is 5.73. The van der Waals surface area contributed by atoms with E-state index in [9.17, 15) is 4.79 Å². The maximum absolute atomic E-state index is 12.0. The molecule has 0 bridgehead atoms. The normalized spacial score (nSPS) is 10.4. The molecule has 0 saturated heterocycles. The van der Waals surface area contributed by atoms with Crippen LogP contribution in [0.4, 0.5) is 0 Å². The highest BCUT2D eigenvalue weighted by Crippen LogP contribution is 2.19. The van der Waals surface area contributed by atoms with Crippen LogP contribution in [0, 0.1) is 0 Å². The number of hydrogen-bond donors (Lipinski definition) is 1. The number of rotatable bonds is 9. The first kappa shape index (κ1) is 18.1.